The van der Waals surface area contributed by atoms with Crippen molar-refractivity contribution in [1.29, 1.82) is 0 Å². The molecule has 1 aromatic rings. The van der Waals surface area contributed by atoms with Gasteiger partial charge in [-0.05, 0) is 6.07 Å². The Bertz CT molecular complexity index is 446. The summed E-state index contributed by atoms with van der Waals surface area (Å²) in [7, 11) is -3.31. The number of Topliss-reactive ketones (excluding diaryl/α,β-unsaturated/α-hetero) is 1. The molecule has 1 aromatic carbocycles. The Hall–Kier alpha value is -1.16. The molecule has 1 rings (SSSR count). The summed E-state index contributed by atoms with van der Waals surface area (Å²) >= 11 is 0. The fourth-order valence-corrected chi connectivity index (χ4v) is 2.12. The lowest BCUT2D eigenvalue weighted by atomic mass is 10.1. The Morgan fingerprint density at radius 1 is 1.29 bits per heavy atom. The molecule has 0 fully saturated rings. The molecule has 0 aliphatic carbocycles. The van der Waals surface area contributed by atoms with E-state index < -0.39 is 9.84 Å². The van der Waals surface area contributed by atoms with E-state index in [2.05, 4.69) is 0 Å². The van der Waals surface area contributed by atoms with Gasteiger partial charge in [-0.2, -0.15) is 0 Å². The van der Waals surface area contributed by atoms with Crippen LogP contribution in [0.5, 0.6) is 0 Å². The lowest BCUT2D eigenvalue weighted by molar-refractivity contribution is 0.0985. The van der Waals surface area contributed by atoms with Gasteiger partial charge in [-0.3, -0.25) is 4.79 Å². The Labute approximate surface area is 83.7 Å². The molecule has 14 heavy (non-hydrogen) atoms. The number of hydrogen-bond donors (Lipinski definition) is 0. The zero-order chi connectivity index (χ0) is 10.8. The average molecular weight is 212 g/mol. The predicted octanol–water partition coefficient (Wildman–Crippen LogP) is 1.68. The number of hydrogen-bond acceptors (Lipinski definition) is 3. The SMILES string of the molecule is CCC(=O)c1ccccc1S(C)(=O)=O. The number of sulfone groups is 1. The highest BCUT2D eigenvalue weighted by Gasteiger charge is 2.16. The number of benzene rings is 1. The smallest absolute Gasteiger partial charge is 0.176 e. The molecule has 0 unspecified atom stereocenters. The molecule has 4 heteroatoms. The minimum atomic E-state index is -3.31. The van der Waals surface area contributed by atoms with Crippen LogP contribution in [0.4, 0.5) is 0 Å². The average Bonchev–Trinajstić information content (AvgIpc) is 2.15. The largest absolute Gasteiger partial charge is 0.294 e. The normalized spacial score (nSPS) is 11.3. The van der Waals surface area contributed by atoms with Crippen LogP contribution in [0.2, 0.25) is 0 Å². The Morgan fingerprint density at radius 2 is 1.86 bits per heavy atom. The Kier molecular flexibility index (Phi) is 3.06. The van der Waals surface area contributed by atoms with Gasteiger partial charge in [-0.15, -0.1) is 0 Å². The number of carbonyl (C=O) groups excluding carboxylic acids is 1. The molecule has 0 spiro atoms. The highest BCUT2D eigenvalue weighted by atomic mass is 32.2. The summed E-state index contributed by atoms with van der Waals surface area (Å²) in [6, 6.07) is 6.28. The Morgan fingerprint density at radius 3 is 2.36 bits per heavy atom. The van der Waals surface area contributed by atoms with E-state index in [1.54, 1.807) is 25.1 Å². The van der Waals surface area contributed by atoms with E-state index in [9.17, 15) is 13.2 Å². The van der Waals surface area contributed by atoms with Crippen molar-refractivity contribution < 1.29 is 13.2 Å². The van der Waals surface area contributed by atoms with Crippen molar-refractivity contribution in [3.63, 3.8) is 0 Å². The van der Waals surface area contributed by atoms with Gasteiger partial charge in [0.25, 0.3) is 0 Å². The van der Waals surface area contributed by atoms with Crippen molar-refractivity contribution in [3.05, 3.63) is 29.8 Å². The molecule has 0 aliphatic rings. The van der Waals surface area contributed by atoms with E-state index in [0.29, 0.717) is 6.42 Å². The molecule has 0 aliphatic heterocycles. The fourth-order valence-electron chi connectivity index (χ4n) is 1.21. The molecule has 76 valence electrons. The van der Waals surface area contributed by atoms with Crippen molar-refractivity contribution in [3.8, 4) is 0 Å². The molecule has 0 saturated carbocycles. The van der Waals surface area contributed by atoms with Crippen LogP contribution < -0.4 is 0 Å². The van der Waals surface area contributed by atoms with Crippen LogP contribution in [0.25, 0.3) is 0 Å². The summed E-state index contributed by atoms with van der Waals surface area (Å²) in [4.78, 5) is 11.5. The van der Waals surface area contributed by atoms with E-state index in [1.807, 2.05) is 0 Å². The van der Waals surface area contributed by atoms with Crippen molar-refractivity contribution >= 4 is 15.6 Å². The van der Waals surface area contributed by atoms with Gasteiger partial charge in [0.2, 0.25) is 0 Å². The maximum Gasteiger partial charge on any atom is 0.176 e. The third-order valence-corrected chi connectivity index (χ3v) is 3.06. The van der Waals surface area contributed by atoms with Crippen LogP contribution in [0.3, 0.4) is 0 Å². The zero-order valence-corrected chi connectivity index (χ0v) is 8.97. The molecule has 0 saturated heterocycles. The molecule has 0 amide bonds. The van der Waals surface area contributed by atoms with Gasteiger partial charge < -0.3 is 0 Å². The monoisotopic (exact) mass is 212 g/mol. The van der Waals surface area contributed by atoms with E-state index >= 15 is 0 Å². The molecule has 0 heterocycles. The summed E-state index contributed by atoms with van der Waals surface area (Å²) < 4.78 is 22.6. The highest BCUT2D eigenvalue weighted by Crippen LogP contribution is 2.16. The summed E-state index contributed by atoms with van der Waals surface area (Å²) in [6.07, 6.45) is 1.42. The van der Waals surface area contributed by atoms with Crippen LogP contribution in [0.1, 0.15) is 23.7 Å². The van der Waals surface area contributed by atoms with Gasteiger partial charge in [-0.25, -0.2) is 8.42 Å². The molecule has 0 bridgehead atoms. The standard InChI is InChI=1S/C10H12O3S/c1-3-9(11)8-6-4-5-7-10(8)14(2,12)13/h4-7H,3H2,1-2H3. The highest BCUT2D eigenvalue weighted by molar-refractivity contribution is 7.90. The molecule has 0 atom stereocenters. The lowest BCUT2D eigenvalue weighted by Gasteiger charge is -2.04. The second kappa shape index (κ2) is 3.92. The second-order valence-corrected chi connectivity index (χ2v) is 5.03. The second-order valence-electron chi connectivity index (χ2n) is 3.05. The third-order valence-electron chi connectivity index (χ3n) is 1.91. The van der Waals surface area contributed by atoms with Gasteiger partial charge >= 0.3 is 0 Å². The zero-order valence-electron chi connectivity index (χ0n) is 8.15. The quantitative estimate of drug-likeness (QED) is 0.716. The first-order valence-electron chi connectivity index (χ1n) is 4.29. The van der Waals surface area contributed by atoms with E-state index in [0.717, 1.165) is 6.26 Å². The van der Waals surface area contributed by atoms with Crippen molar-refractivity contribution in [2.75, 3.05) is 6.26 Å². The van der Waals surface area contributed by atoms with Gasteiger partial charge in [0.1, 0.15) is 0 Å². The van der Waals surface area contributed by atoms with Gasteiger partial charge in [-0.1, -0.05) is 25.1 Å². The number of ketones is 1. The van der Waals surface area contributed by atoms with Crippen molar-refractivity contribution in [1.82, 2.24) is 0 Å². The molecule has 0 aromatic heterocycles. The lowest BCUT2D eigenvalue weighted by Crippen LogP contribution is -2.06. The summed E-state index contributed by atoms with van der Waals surface area (Å²) in [6.45, 7) is 1.71. The third kappa shape index (κ3) is 2.20. The maximum atomic E-state index is 11.4. The van der Waals surface area contributed by atoms with Crippen LogP contribution in [0, 0.1) is 0 Å². The predicted molar refractivity (Wildman–Crippen MR) is 54.2 cm³/mol. The van der Waals surface area contributed by atoms with Crippen LogP contribution in [0.15, 0.2) is 29.2 Å². The minimum Gasteiger partial charge on any atom is -0.294 e. The first kappa shape index (κ1) is 10.9. The summed E-state index contributed by atoms with van der Waals surface area (Å²) in [5.74, 6) is -0.147. The molecular weight excluding hydrogens is 200 g/mol. The summed E-state index contributed by atoms with van der Waals surface area (Å²) in [5, 5.41) is 0. The molecule has 0 radical (unpaired) electrons. The van der Waals surface area contributed by atoms with Crippen LogP contribution >= 0.6 is 0 Å². The summed E-state index contributed by atoms with van der Waals surface area (Å²) in [5.41, 5.74) is 0.289. The van der Waals surface area contributed by atoms with Gasteiger partial charge in [0.15, 0.2) is 15.6 Å². The van der Waals surface area contributed by atoms with E-state index in [1.165, 1.54) is 6.07 Å². The topological polar surface area (TPSA) is 51.2 Å². The number of carbonyl (C=O) groups is 1. The Balaban J connectivity index is 3.38. The first-order chi connectivity index (χ1) is 6.46. The maximum absolute atomic E-state index is 11.4. The minimum absolute atomic E-state index is 0.117. The first-order valence-corrected chi connectivity index (χ1v) is 6.18. The van der Waals surface area contributed by atoms with Gasteiger partial charge in [0.05, 0.1) is 4.90 Å². The molecular formula is C10H12O3S. The van der Waals surface area contributed by atoms with Crippen molar-refractivity contribution in [2.45, 2.75) is 18.2 Å². The van der Waals surface area contributed by atoms with Crippen molar-refractivity contribution in [2.24, 2.45) is 0 Å². The van der Waals surface area contributed by atoms with Crippen LogP contribution in [-0.4, -0.2) is 20.5 Å². The molecule has 0 N–H and O–H groups in total. The van der Waals surface area contributed by atoms with Crippen LogP contribution in [-0.2, 0) is 9.84 Å². The number of rotatable bonds is 3. The van der Waals surface area contributed by atoms with Gasteiger partial charge in [0, 0.05) is 18.2 Å². The van der Waals surface area contributed by atoms with E-state index in [-0.39, 0.29) is 16.2 Å². The molecule has 3 nitrogen and oxygen atoms in total. The van der Waals surface area contributed by atoms with E-state index in [4.69, 9.17) is 0 Å². The fraction of sp³-hybridized carbons (Fsp3) is 0.300.